The lowest BCUT2D eigenvalue weighted by atomic mass is 9.90. The lowest BCUT2D eigenvalue weighted by molar-refractivity contribution is -0.138. The fourth-order valence-electron chi connectivity index (χ4n) is 2.27. The Balaban J connectivity index is 2.19. The predicted molar refractivity (Wildman–Crippen MR) is 62.5 cm³/mol. The summed E-state index contributed by atoms with van der Waals surface area (Å²) in [5.74, 6) is -0.751. The zero-order valence-electron chi connectivity index (χ0n) is 9.18. The number of benzene rings is 1. The highest BCUT2D eigenvalue weighted by Gasteiger charge is 2.31. The van der Waals surface area contributed by atoms with E-state index in [1.165, 1.54) is 5.56 Å². The largest absolute Gasteiger partial charge is 0.480 e. The highest BCUT2D eigenvalue weighted by Crippen LogP contribution is 2.38. The molecule has 0 radical (unpaired) electrons. The first-order valence-electron chi connectivity index (χ1n) is 5.43. The van der Waals surface area contributed by atoms with Crippen LogP contribution in [0.25, 0.3) is 0 Å². The molecule has 4 heteroatoms. The predicted octanol–water partition coefficient (Wildman–Crippen LogP) is 1.39. The molecule has 0 saturated heterocycles. The topological polar surface area (TPSA) is 75.3 Å². The van der Waals surface area contributed by atoms with Crippen molar-refractivity contribution in [3.63, 3.8) is 0 Å². The summed E-state index contributed by atoms with van der Waals surface area (Å²) >= 11 is 0. The first kappa shape index (κ1) is 11.0. The van der Waals surface area contributed by atoms with Crippen LogP contribution in [-0.4, -0.2) is 23.2 Å². The number of aliphatic carboxylic acids is 1. The third-order valence-corrected chi connectivity index (χ3v) is 3.17. The highest BCUT2D eigenvalue weighted by molar-refractivity contribution is 5.73. The van der Waals surface area contributed by atoms with E-state index in [1.54, 1.807) is 0 Å². The Kier molecular flexibility index (Phi) is 2.83. The van der Waals surface area contributed by atoms with Gasteiger partial charge in [-0.15, -0.1) is 0 Å². The Labute approximate surface area is 94.5 Å². The number of hydrogen-bond donors (Lipinski definition) is 3. The number of carboxylic acid groups (broad SMARTS) is 1. The maximum atomic E-state index is 10.8. The van der Waals surface area contributed by atoms with Crippen molar-refractivity contribution in [2.75, 3.05) is 5.32 Å². The molecule has 16 heavy (non-hydrogen) atoms. The second kappa shape index (κ2) is 4.14. The van der Waals surface area contributed by atoms with Gasteiger partial charge in [0.15, 0.2) is 0 Å². The van der Waals surface area contributed by atoms with E-state index in [0.717, 1.165) is 5.69 Å². The van der Waals surface area contributed by atoms with E-state index >= 15 is 0 Å². The number of para-hydroxylation sites is 1. The maximum absolute atomic E-state index is 10.8. The minimum Gasteiger partial charge on any atom is -0.480 e. The molecule has 2 rings (SSSR count). The number of fused-ring (bicyclic) bond motifs is 1. The van der Waals surface area contributed by atoms with Crippen LogP contribution in [0.1, 0.15) is 24.8 Å². The summed E-state index contributed by atoms with van der Waals surface area (Å²) in [4.78, 5) is 10.8. The van der Waals surface area contributed by atoms with Gasteiger partial charge in [-0.2, -0.15) is 0 Å². The molecule has 4 N–H and O–H groups in total. The number of hydrogen-bond acceptors (Lipinski definition) is 3. The van der Waals surface area contributed by atoms with Gasteiger partial charge in [0, 0.05) is 17.6 Å². The molecule has 1 aromatic rings. The third kappa shape index (κ3) is 1.88. The van der Waals surface area contributed by atoms with Gasteiger partial charge in [0.1, 0.15) is 6.04 Å². The monoisotopic (exact) mass is 220 g/mol. The third-order valence-electron chi connectivity index (χ3n) is 3.17. The fourth-order valence-corrected chi connectivity index (χ4v) is 2.27. The molecule has 4 nitrogen and oxygen atoms in total. The van der Waals surface area contributed by atoms with Crippen LogP contribution >= 0.6 is 0 Å². The summed E-state index contributed by atoms with van der Waals surface area (Å²) < 4.78 is 0. The maximum Gasteiger partial charge on any atom is 0.320 e. The molecule has 3 atom stereocenters. The van der Waals surface area contributed by atoms with Gasteiger partial charge < -0.3 is 16.2 Å². The van der Waals surface area contributed by atoms with Crippen molar-refractivity contribution in [2.24, 2.45) is 5.73 Å². The van der Waals surface area contributed by atoms with Gasteiger partial charge in [-0.1, -0.05) is 18.2 Å². The van der Waals surface area contributed by atoms with Gasteiger partial charge in [-0.25, -0.2) is 0 Å². The lowest BCUT2D eigenvalue weighted by Gasteiger charge is -2.18. The molecular formula is C12H16N2O2. The second-order valence-electron chi connectivity index (χ2n) is 4.31. The number of nitrogens with two attached hydrogens (primary N) is 1. The molecular weight excluding hydrogens is 204 g/mol. The van der Waals surface area contributed by atoms with Crippen molar-refractivity contribution in [3.8, 4) is 0 Å². The van der Waals surface area contributed by atoms with Gasteiger partial charge in [-0.05, 0) is 25.0 Å². The summed E-state index contributed by atoms with van der Waals surface area (Å²) in [6.07, 6.45) is 0.473. The van der Waals surface area contributed by atoms with Crippen LogP contribution in [0.3, 0.4) is 0 Å². The lowest BCUT2D eigenvalue weighted by Crippen LogP contribution is -2.33. The molecule has 1 aromatic carbocycles. The Hall–Kier alpha value is -1.55. The smallest absolute Gasteiger partial charge is 0.320 e. The number of rotatable bonds is 3. The molecule has 1 aliphatic heterocycles. The molecule has 2 unspecified atom stereocenters. The number of anilines is 1. The van der Waals surface area contributed by atoms with E-state index in [2.05, 4.69) is 12.2 Å². The standard InChI is InChI=1S/C12H16N2O2/c1-7-9(6-10(13)12(15)16)8-4-2-3-5-11(8)14-7/h2-5,7,9-10,14H,6,13H2,1H3,(H,15,16)/t7?,9?,10-/m0/s1. The Morgan fingerprint density at radius 2 is 2.25 bits per heavy atom. The van der Waals surface area contributed by atoms with Crippen LogP contribution in [0.15, 0.2) is 24.3 Å². The van der Waals surface area contributed by atoms with Crippen LogP contribution < -0.4 is 11.1 Å². The molecule has 0 aromatic heterocycles. The summed E-state index contributed by atoms with van der Waals surface area (Å²) in [6.45, 7) is 2.05. The van der Waals surface area contributed by atoms with E-state index in [4.69, 9.17) is 10.8 Å². The zero-order chi connectivity index (χ0) is 11.7. The summed E-state index contributed by atoms with van der Waals surface area (Å²) in [7, 11) is 0. The van der Waals surface area contributed by atoms with Crippen molar-refractivity contribution >= 4 is 11.7 Å². The van der Waals surface area contributed by atoms with Crippen LogP contribution in [0, 0.1) is 0 Å². The number of carbonyl (C=O) groups is 1. The minimum atomic E-state index is -0.934. The zero-order valence-corrected chi connectivity index (χ0v) is 9.18. The molecule has 0 bridgehead atoms. The molecule has 1 aliphatic rings. The number of nitrogens with one attached hydrogen (secondary N) is 1. The molecule has 86 valence electrons. The van der Waals surface area contributed by atoms with E-state index in [0.29, 0.717) is 6.42 Å². The molecule has 0 saturated carbocycles. The summed E-state index contributed by atoms with van der Waals surface area (Å²) in [5, 5.41) is 12.2. The molecule has 0 aliphatic carbocycles. The fraction of sp³-hybridized carbons (Fsp3) is 0.417. The van der Waals surface area contributed by atoms with Crippen molar-refractivity contribution < 1.29 is 9.90 Å². The minimum absolute atomic E-state index is 0.183. The summed E-state index contributed by atoms with van der Waals surface area (Å²) in [6, 6.07) is 7.43. The average molecular weight is 220 g/mol. The molecule has 0 spiro atoms. The average Bonchev–Trinajstić information content (AvgIpc) is 2.55. The van der Waals surface area contributed by atoms with Crippen molar-refractivity contribution in [3.05, 3.63) is 29.8 Å². The van der Waals surface area contributed by atoms with Crippen molar-refractivity contribution in [2.45, 2.75) is 31.3 Å². The Morgan fingerprint density at radius 1 is 1.56 bits per heavy atom. The van der Waals surface area contributed by atoms with Gasteiger partial charge in [-0.3, -0.25) is 4.79 Å². The van der Waals surface area contributed by atoms with Gasteiger partial charge in [0.2, 0.25) is 0 Å². The summed E-state index contributed by atoms with van der Waals surface area (Å²) in [5.41, 5.74) is 7.86. The van der Waals surface area contributed by atoms with E-state index in [9.17, 15) is 4.79 Å². The first-order valence-corrected chi connectivity index (χ1v) is 5.43. The quantitative estimate of drug-likeness (QED) is 0.719. The SMILES string of the molecule is CC1Nc2ccccc2C1C[C@H](N)C(=O)O. The van der Waals surface area contributed by atoms with Crippen LogP contribution in [-0.2, 0) is 4.79 Å². The molecule has 1 heterocycles. The molecule has 0 amide bonds. The highest BCUT2D eigenvalue weighted by atomic mass is 16.4. The Morgan fingerprint density at radius 3 is 2.94 bits per heavy atom. The van der Waals surface area contributed by atoms with Gasteiger partial charge >= 0.3 is 5.97 Å². The van der Waals surface area contributed by atoms with Crippen molar-refractivity contribution in [1.82, 2.24) is 0 Å². The van der Waals surface area contributed by atoms with E-state index in [-0.39, 0.29) is 12.0 Å². The van der Waals surface area contributed by atoms with E-state index in [1.807, 2.05) is 24.3 Å². The normalized spacial score (nSPS) is 24.6. The van der Waals surface area contributed by atoms with Crippen LogP contribution in [0.5, 0.6) is 0 Å². The number of carboxylic acids is 1. The van der Waals surface area contributed by atoms with Crippen molar-refractivity contribution in [1.29, 1.82) is 0 Å². The first-order chi connectivity index (χ1) is 7.59. The van der Waals surface area contributed by atoms with Crippen LogP contribution in [0.2, 0.25) is 0 Å². The Bertz CT molecular complexity index is 406. The van der Waals surface area contributed by atoms with E-state index < -0.39 is 12.0 Å². The second-order valence-corrected chi connectivity index (χ2v) is 4.31. The van der Waals surface area contributed by atoms with Gasteiger partial charge in [0.25, 0.3) is 0 Å². The van der Waals surface area contributed by atoms with Crippen LogP contribution in [0.4, 0.5) is 5.69 Å². The molecule has 0 fully saturated rings. The van der Waals surface area contributed by atoms with Gasteiger partial charge in [0.05, 0.1) is 0 Å².